The van der Waals surface area contributed by atoms with E-state index in [0.29, 0.717) is 12.8 Å². The lowest BCUT2D eigenvalue weighted by molar-refractivity contribution is -0.126. The summed E-state index contributed by atoms with van der Waals surface area (Å²) in [4.78, 5) is 29.0. The molecule has 1 N–H and O–H groups in total. The van der Waals surface area contributed by atoms with Gasteiger partial charge in [0, 0.05) is 31.4 Å². The molecule has 0 aliphatic carbocycles. The molecule has 1 atom stereocenters. The molecule has 0 bridgehead atoms. The smallest absolute Gasteiger partial charge is 0.374 e. The number of pyridine rings is 1. The van der Waals surface area contributed by atoms with Crippen LogP contribution in [0.3, 0.4) is 0 Å². The molecule has 10 heteroatoms. The van der Waals surface area contributed by atoms with Crippen molar-refractivity contribution in [1.82, 2.24) is 14.6 Å². The van der Waals surface area contributed by atoms with Crippen LogP contribution >= 0.6 is 0 Å². The maximum absolute atomic E-state index is 13.2. The third-order valence-electron chi connectivity index (χ3n) is 5.94. The van der Waals surface area contributed by atoms with Crippen LogP contribution in [0.5, 0.6) is 0 Å². The van der Waals surface area contributed by atoms with E-state index in [9.17, 15) is 18.0 Å². The average Bonchev–Trinajstić information content (AvgIpc) is 3.40. The molecule has 1 saturated heterocycles. The number of benzene rings is 1. The fourth-order valence-corrected chi connectivity index (χ4v) is 5.46. The van der Waals surface area contributed by atoms with Crippen LogP contribution in [0.2, 0.25) is 0 Å². The standard InChI is InChI=1S/C25H27N3O6S/c1-2-33-25(30)21-8-9-22(34-21)35(31,32)28-16-12-20(13-17-28)24(29)27-23(18-6-4-3-5-7-18)19-10-14-26-15-11-19/h3-11,14-15,20,23H,2,12-13,16-17H2,1H3,(H,27,29). The lowest BCUT2D eigenvalue weighted by atomic mass is 9.94. The van der Waals surface area contributed by atoms with Crippen LogP contribution in [0.15, 0.2) is 76.5 Å². The van der Waals surface area contributed by atoms with E-state index < -0.39 is 16.0 Å². The number of nitrogens with zero attached hydrogens (tertiary/aromatic N) is 2. The number of esters is 1. The maximum atomic E-state index is 13.2. The molecule has 4 rings (SSSR count). The van der Waals surface area contributed by atoms with Crippen LogP contribution in [0, 0.1) is 5.92 Å². The number of nitrogens with one attached hydrogen (secondary N) is 1. The van der Waals surface area contributed by atoms with Gasteiger partial charge in [-0.05, 0) is 55.2 Å². The molecular formula is C25H27N3O6S. The number of hydrogen-bond acceptors (Lipinski definition) is 7. The van der Waals surface area contributed by atoms with Gasteiger partial charge in [-0.2, -0.15) is 4.31 Å². The first-order valence-electron chi connectivity index (χ1n) is 11.4. The molecule has 1 aliphatic rings. The van der Waals surface area contributed by atoms with Gasteiger partial charge < -0.3 is 14.5 Å². The van der Waals surface area contributed by atoms with E-state index in [-0.39, 0.29) is 48.4 Å². The normalized spacial score (nSPS) is 15.9. The van der Waals surface area contributed by atoms with Crippen molar-refractivity contribution in [3.63, 3.8) is 0 Å². The first-order chi connectivity index (χ1) is 16.9. The zero-order valence-electron chi connectivity index (χ0n) is 19.3. The Morgan fingerprint density at radius 1 is 1.06 bits per heavy atom. The van der Waals surface area contributed by atoms with Gasteiger partial charge in [-0.15, -0.1) is 0 Å². The number of rotatable bonds is 8. The Kier molecular flexibility index (Phi) is 7.62. The SMILES string of the molecule is CCOC(=O)c1ccc(S(=O)(=O)N2CCC(C(=O)NC(c3ccccc3)c3ccncc3)CC2)o1. The van der Waals surface area contributed by atoms with Gasteiger partial charge >= 0.3 is 5.97 Å². The highest BCUT2D eigenvalue weighted by Crippen LogP contribution is 2.27. The third-order valence-corrected chi connectivity index (χ3v) is 7.71. The van der Waals surface area contributed by atoms with Crippen LogP contribution in [0.1, 0.15) is 47.5 Å². The highest BCUT2D eigenvalue weighted by Gasteiger charge is 2.35. The molecule has 3 aromatic rings. The van der Waals surface area contributed by atoms with Gasteiger partial charge in [0.1, 0.15) is 0 Å². The van der Waals surface area contributed by atoms with Crippen LogP contribution in [-0.2, 0) is 19.6 Å². The molecule has 3 heterocycles. The summed E-state index contributed by atoms with van der Waals surface area (Å²) >= 11 is 0. The number of sulfonamides is 1. The van der Waals surface area contributed by atoms with Crippen molar-refractivity contribution in [3.05, 3.63) is 83.9 Å². The Balaban J connectivity index is 1.41. The first kappa shape index (κ1) is 24.6. The zero-order chi connectivity index (χ0) is 24.8. The van der Waals surface area contributed by atoms with Gasteiger partial charge in [0.05, 0.1) is 12.6 Å². The van der Waals surface area contributed by atoms with Gasteiger partial charge in [0.15, 0.2) is 0 Å². The first-order valence-corrected chi connectivity index (χ1v) is 12.9. The Bertz CT molecular complexity index is 1210. The lowest BCUT2D eigenvalue weighted by Crippen LogP contribution is -2.43. The monoisotopic (exact) mass is 497 g/mol. The average molecular weight is 498 g/mol. The van der Waals surface area contributed by atoms with Crippen molar-refractivity contribution >= 4 is 21.9 Å². The van der Waals surface area contributed by atoms with Crippen molar-refractivity contribution < 1.29 is 27.2 Å². The summed E-state index contributed by atoms with van der Waals surface area (Å²) in [6.45, 7) is 2.14. The summed E-state index contributed by atoms with van der Waals surface area (Å²) in [5.41, 5.74) is 1.86. The topological polar surface area (TPSA) is 119 Å². The van der Waals surface area contributed by atoms with E-state index in [4.69, 9.17) is 9.15 Å². The molecule has 0 radical (unpaired) electrons. The molecule has 1 unspecified atom stereocenters. The second-order valence-corrected chi connectivity index (χ2v) is 10.0. The van der Waals surface area contributed by atoms with E-state index in [1.807, 2.05) is 42.5 Å². The number of piperidine rings is 1. The second-order valence-electron chi connectivity index (χ2n) is 8.15. The molecule has 2 aromatic heterocycles. The number of furan rings is 1. The summed E-state index contributed by atoms with van der Waals surface area (Å²) in [7, 11) is -3.93. The van der Waals surface area contributed by atoms with Crippen molar-refractivity contribution in [2.75, 3.05) is 19.7 Å². The minimum atomic E-state index is -3.93. The largest absolute Gasteiger partial charge is 0.460 e. The van der Waals surface area contributed by atoms with Gasteiger partial charge in [-0.3, -0.25) is 9.78 Å². The minimum Gasteiger partial charge on any atom is -0.460 e. The molecule has 1 aromatic carbocycles. The van der Waals surface area contributed by atoms with Crippen molar-refractivity contribution in [1.29, 1.82) is 0 Å². The number of amides is 1. The summed E-state index contributed by atoms with van der Waals surface area (Å²) < 4.78 is 37.3. The van der Waals surface area contributed by atoms with E-state index in [1.165, 1.54) is 16.4 Å². The van der Waals surface area contributed by atoms with Gasteiger partial charge in [-0.1, -0.05) is 30.3 Å². The summed E-state index contributed by atoms with van der Waals surface area (Å²) in [6, 6.07) is 15.6. The molecule has 184 valence electrons. The van der Waals surface area contributed by atoms with Crippen LogP contribution in [0.25, 0.3) is 0 Å². The fourth-order valence-electron chi connectivity index (χ4n) is 4.08. The van der Waals surface area contributed by atoms with Crippen molar-refractivity contribution in [2.45, 2.75) is 30.9 Å². The Labute approximate surface area is 204 Å². The van der Waals surface area contributed by atoms with Crippen LogP contribution in [-0.4, -0.2) is 49.3 Å². The number of aromatic nitrogens is 1. The highest BCUT2D eigenvalue weighted by molar-refractivity contribution is 7.89. The Hall–Kier alpha value is -3.50. The maximum Gasteiger partial charge on any atom is 0.374 e. The van der Waals surface area contributed by atoms with Crippen LogP contribution < -0.4 is 5.32 Å². The van der Waals surface area contributed by atoms with Crippen molar-refractivity contribution in [3.8, 4) is 0 Å². The van der Waals surface area contributed by atoms with E-state index >= 15 is 0 Å². The molecule has 9 nitrogen and oxygen atoms in total. The number of carbonyl (C=O) groups excluding carboxylic acids is 2. The Morgan fingerprint density at radius 2 is 1.71 bits per heavy atom. The minimum absolute atomic E-state index is 0.129. The van der Waals surface area contributed by atoms with Crippen LogP contribution in [0.4, 0.5) is 0 Å². The molecule has 0 spiro atoms. The molecule has 0 saturated carbocycles. The molecule has 1 amide bonds. The van der Waals surface area contributed by atoms with E-state index in [2.05, 4.69) is 10.3 Å². The molecule has 1 fully saturated rings. The third kappa shape index (κ3) is 5.60. The van der Waals surface area contributed by atoms with E-state index in [0.717, 1.165) is 11.1 Å². The predicted octanol–water partition coefficient (Wildman–Crippen LogP) is 3.16. The second kappa shape index (κ2) is 10.8. The molecular weight excluding hydrogens is 470 g/mol. The molecule has 1 aliphatic heterocycles. The number of hydrogen-bond donors (Lipinski definition) is 1. The van der Waals surface area contributed by atoms with Gasteiger partial charge in [0.25, 0.3) is 10.0 Å². The number of carbonyl (C=O) groups is 2. The van der Waals surface area contributed by atoms with Crippen molar-refractivity contribution in [2.24, 2.45) is 5.92 Å². The predicted molar refractivity (Wildman–Crippen MR) is 127 cm³/mol. The van der Waals surface area contributed by atoms with E-state index in [1.54, 1.807) is 19.3 Å². The highest BCUT2D eigenvalue weighted by atomic mass is 32.2. The summed E-state index contributed by atoms with van der Waals surface area (Å²) in [5, 5.41) is 2.81. The molecule has 35 heavy (non-hydrogen) atoms. The quantitative estimate of drug-likeness (QED) is 0.475. The van der Waals surface area contributed by atoms with Gasteiger partial charge in [-0.25, -0.2) is 13.2 Å². The Morgan fingerprint density at radius 3 is 2.37 bits per heavy atom. The lowest BCUT2D eigenvalue weighted by Gasteiger charge is -2.31. The summed E-state index contributed by atoms with van der Waals surface area (Å²) in [6.07, 6.45) is 4.11. The summed E-state index contributed by atoms with van der Waals surface area (Å²) in [5.74, 6) is -1.34. The number of ether oxygens (including phenoxy) is 1. The zero-order valence-corrected chi connectivity index (χ0v) is 20.1. The fraction of sp³-hybridized carbons (Fsp3) is 0.320. The van der Waals surface area contributed by atoms with Gasteiger partial charge in [0.2, 0.25) is 16.8 Å².